The Morgan fingerprint density at radius 1 is 0.604 bits per heavy atom. The van der Waals surface area contributed by atoms with Crippen LogP contribution in [-0.2, 0) is 4.79 Å². The Hall–Kier alpha value is -6.61. The van der Waals surface area contributed by atoms with Gasteiger partial charge in [-0.05, 0) is 86.7 Å². The van der Waals surface area contributed by atoms with E-state index in [1.54, 1.807) is 103 Å². The van der Waals surface area contributed by atoms with E-state index in [4.69, 9.17) is 9.47 Å². The maximum absolute atomic E-state index is 12.7. The molecule has 0 fully saturated rings. The zero-order chi connectivity index (χ0) is 33.9. The van der Waals surface area contributed by atoms with Gasteiger partial charge in [0.1, 0.15) is 11.5 Å². The maximum Gasteiger partial charge on any atom is 0.343 e. The number of carbonyl (C=O) groups excluding carboxylic acids is 4. The van der Waals surface area contributed by atoms with Gasteiger partial charge in [-0.2, -0.15) is 5.10 Å². The summed E-state index contributed by atoms with van der Waals surface area (Å²) in [6.07, 6.45) is 4.08. The van der Waals surface area contributed by atoms with E-state index in [1.165, 1.54) is 18.4 Å². The van der Waals surface area contributed by atoms with Crippen molar-refractivity contribution < 1.29 is 28.7 Å². The van der Waals surface area contributed by atoms with Crippen molar-refractivity contribution in [3.05, 3.63) is 166 Å². The minimum atomic E-state index is -0.672. The fraction of sp³-hybridized carbons (Fsp3) is 0.0513. The first-order valence-electron chi connectivity index (χ1n) is 14.9. The summed E-state index contributed by atoms with van der Waals surface area (Å²) in [6.45, 7) is 3.83. The summed E-state index contributed by atoms with van der Waals surface area (Å²) in [5, 5.41) is 6.81. The molecule has 0 aliphatic rings. The predicted molar refractivity (Wildman–Crippen MR) is 184 cm³/mol. The quantitative estimate of drug-likeness (QED) is 0.0551. The number of aryl methyl sites for hydroxylation is 2. The van der Waals surface area contributed by atoms with Crippen molar-refractivity contribution >= 4 is 41.7 Å². The summed E-state index contributed by atoms with van der Waals surface area (Å²) in [5.41, 5.74) is 7.20. The first-order chi connectivity index (χ1) is 23.2. The number of esters is 2. The van der Waals surface area contributed by atoms with Crippen LogP contribution >= 0.6 is 0 Å². The highest BCUT2D eigenvalue weighted by Crippen LogP contribution is 2.22. The van der Waals surface area contributed by atoms with Gasteiger partial charge in [0.25, 0.3) is 11.8 Å². The van der Waals surface area contributed by atoms with E-state index in [9.17, 15) is 19.2 Å². The molecule has 0 aromatic heterocycles. The van der Waals surface area contributed by atoms with Crippen LogP contribution < -0.4 is 20.2 Å². The first kappa shape index (κ1) is 32.8. The molecule has 0 heterocycles. The summed E-state index contributed by atoms with van der Waals surface area (Å²) in [6, 6.07) is 34.2. The van der Waals surface area contributed by atoms with Gasteiger partial charge in [0.05, 0.1) is 11.8 Å². The number of amides is 2. The average Bonchev–Trinajstić information content (AvgIpc) is 3.09. The number of benzene rings is 5. The Morgan fingerprint density at radius 2 is 1.23 bits per heavy atom. The molecule has 9 heteroatoms. The standard InChI is InChI=1S/C39H31N3O6/c1-26-14-16-29(17-15-26)37(44)41-33-21-18-30(19-22-33)38(45)42-40-25-32-10-4-6-13-35(32)47-36(43)23-20-28-9-3-5-12-34(28)48-39(46)31-11-7-8-27(2)24-31/h3-25H,1-2H3,(H,41,44)(H,42,45)/b23-20+,40-25+. The maximum atomic E-state index is 12.7. The van der Waals surface area contributed by atoms with Crippen molar-refractivity contribution in [2.75, 3.05) is 5.32 Å². The number of rotatable bonds is 10. The Bertz CT molecular complexity index is 2010. The SMILES string of the molecule is Cc1ccc(C(=O)Nc2ccc(C(=O)N/N=C/c3ccccc3OC(=O)/C=C/c3ccccc3OC(=O)c3cccc(C)c3)cc2)cc1. The highest BCUT2D eigenvalue weighted by atomic mass is 16.5. The Kier molecular flexibility index (Phi) is 10.6. The molecule has 5 aromatic rings. The third kappa shape index (κ3) is 8.98. The second-order valence-electron chi connectivity index (χ2n) is 10.7. The number of anilines is 1. The van der Waals surface area contributed by atoms with E-state index in [0.29, 0.717) is 33.5 Å². The number of hydrogen-bond acceptors (Lipinski definition) is 7. The topological polar surface area (TPSA) is 123 Å². The summed E-state index contributed by atoms with van der Waals surface area (Å²) in [4.78, 5) is 50.5. The van der Waals surface area contributed by atoms with Gasteiger partial charge in [-0.3, -0.25) is 9.59 Å². The molecule has 0 unspecified atom stereocenters. The number of nitrogens with one attached hydrogen (secondary N) is 2. The van der Waals surface area contributed by atoms with Crippen molar-refractivity contribution in [3.63, 3.8) is 0 Å². The monoisotopic (exact) mass is 637 g/mol. The Balaban J connectivity index is 1.17. The summed E-state index contributed by atoms with van der Waals surface area (Å²) in [7, 11) is 0. The largest absolute Gasteiger partial charge is 0.423 e. The van der Waals surface area contributed by atoms with Crippen molar-refractivity contribution in [1.29, 1.82) is 0 Å². The molecule has 0 spiro atoms. The van der Waals surface area contributed by atoms with Crippen LogP contribution in [0, 0.1) is 13.8 Å². The van der Waals surface area contributed by atoms with Gasteiger partial charge in [0.2, 0.25) is 0 Å². The molecule has 2 amide bonds. The number of hydrogen-bond donors (Lipinski definition) is 2. The molecule has 238 valence electrons. The number of ether oxygens (including phenoxy) is 2. The lowest BCUT2D eigenvalue weighted by Gasteiger charge is -2.08. The highest BCUT2D eigenvalue weighted by molar-refractivity contribution is 6.04. The van der Waals surface area contributed by atoms with E-state index in [2.05, 4.69) is 15.8 Å². The normalized spacial score (nSPS) is 10.9. The Labute approximate surface area is 277 Å². The molecule has 0 bridgehead atoms. The minimum Gasteiger partial charge on any atom is -0.423 e. The van der Waals surface area contributed by atoms with Crippen molar-refractivity contribution in [2.24, 2.45) is 5.10 Å². The number of para-hydroxylation sites is 2. The van der Waals surface area contributed by atoms with Crippen LogP contribution in [0.5, 0.6) is 11.5 Å². The molecule has 2 N–H and O–H groups in total. The van der Waals surface area contributed by atoms with E-state index < -0.39 is 17.8 Å². The van der Waals surface area contributed by atoms with Crippen LogP contribution in [-0.4, -0.2) is 30.0 Å². The van der Waals surface area contributed by atoms with Crippen LogP contribution in [0.3, 0.4) is 0 Å². The van der Waals surface area contributed by atoms with Crippen molar-refractivity contribution in [3.8, 4) is 11.5 Å². The lowest BCUT2D eigenvalue weighted by molar-refractivity contribution is -0.128. The summed E-state index contributed by atoms with van der Waals surface area (Å²) < 4.78 is 11.1. The van der Waals surface area contributed by atoms with Gasteiger partial charge < -0.3 is 14.8 Å². The van der Waals surface area contributed by atoms with E-state index in [1.807, 2.05) is 32.0 Å². The third-order valence-electron chi connectivity index (χ3n) is 6.99. The first-order valence-corrected chi connectivity index (χ1v) is 14.9. The number of nitrogens with zero attached hydrogens (tertiary/aromatic N) is 1. The van der Waals surface area contributed by atoms with Crippen LogP contribution in [0.15, 0.2) is 133 Å². The molecule has 0 atom stereocenters. The molecule has 9 nitrogen and oxygen atoms in total. The minimum absolute atomic E-state index is 0.220. The third-order valence-corrected chi connectivity index (χ3v) is 6.99. The molecule has 0 saturated carbocycles. The molecule has 0 saturated heterocycles. The van der Waals surface area contributed by atoms with Gasteiger partial charge >= 0.3 is 11.9 Å². The van der Waals surface area contributed by atoms with E-state index in [0.717, 1.165) is 11.1 Å². The van der Waals surface area contributed by atoms with E-state index >= 15 is 0 Å². The van der Waals surface area contributed by atoms with Crippen molar-refractivity contribution in [1.82, 2.24) is 5.43 Å². The molecule has 0 aliphatic carbocycles. The molecule has 5 aromatic carbocycles. The molecule has 48 heavy (non-hydrogen) atoms. The summed E-state index contributed by atoms with van der Waals surface area (Å²) >= 11 is 0. The fourth-order valence-electron chi connectivity index (χ4n) is 4.46. The van der Waals surface area contributed by atoms with Crippen LogP contribution in [0.4, 0.5) is 5.69 Å². The predicted octanol–water partition coefficient (Wildman–Crippen LogP) is 7.16. The number of carbonyl (C=O) groups is 4. The van der Waals surface area contributed by atoms with Crippen LogP contribution in [0.2, 0.25) is 0 Å². The van der Waals surface area contributed by atoms with Crippen LogP contribution in [0.25, 0.3) is 6.08 Å². The van der Waals surface area contributed by atoms with Gasteiger partial charge in [0.15, 0.2) is 0 Å². The zero-order valence-corrected chi connectivity index (χ0v) is 26.2. The smallest absolute Gasteiger partial charge is 0.343 e. The fourth-order valence-corrected chi connectivity index (χ4v) is 4.46. The average molecular weight is 638 g/mol. The molecular weight excluding hydrogens is 606 g/mol. The van der Waals surface area contributed by atoms with Gasteiger partial charge in [-0.15, -0.1) is 0 Å². The lowest BCUT2D eigenvalue weighted by atomic mass is 10.1. The van der Waals surface area contributed by atoms with Gasteiger partial charge in [-0.25, -0.2) is 15.0 Å². The summed E-state index contributed by atoms with van der Waals surface area (Å²) in [5.74, 6) is -1.40. The van der Waals surface area contributed by atoms with E-state index in [-0.39, 0.29) is 17.4 Å². The molecule has 0 radical (unpaired) electrons. The zero-order valence-electron chi connectivity index (χ0n) is 26.2. The molecule has 0 aliphatic heterocycles. The highest BCUT2D eigenvalue weighted by Gasteiger charge is 2.12. The number of hydrazone groups is 1. The van der Waals surface area contributed by atoms with Gasteiger partial charge in [-0.1, -0.05) is 65.7 Å². The second kappa shape index (κ2) is 15.6. The lowest BCUT2D eigenvalue weighted by Crippen LogP contribution is -2.18. The molecular formula is C39H31N3O6. The second-order valence-corrected chi connectivity index (χ2v) is 10.7. The van der Waals surface area contributed by atoms with Gasteiger partial charge in [0, 0.05) is 34.0 Å². The van der Waals surface area contributed by atoms with Crippen molar-refractivity contribution in [2.45, 2.75) is 13.8 Å². The van der Waals surface area contributed by atoms with Crippen LogP contribution in [0.1, 0.15) is 53.3 Å². The Morgan fingerprint density at radius 3 is 1.94 bits per heavy atom. The molecule has 5 rings (SSSR count).